The Kier molecular flexibility index (Phi) is 7.11. The van der Waals surface area contributed by atoms with E-state index in [0.717, 1.165) is 58.0 Å². The summed E-state index contributed by atoms with van der Waals surface area (Å²) >= 11 is 0. The van der Waals surface area contributed by atoms with Crippen LogP contribution in [0.4, 0.5) is 0 Å². The Hall–Kier alpha value is -1.14. The lowest BCUT2D eigenvalue weighted by atomic mass is 10.0. The van der Waals surface area contributed by atoms with Gasteiger partial charge in [0.2, 0.25) is 0 Å². The van der Waals surface area contributed by atoms with Crippen molar-refractivity contribution in [1.82, 2.24) is 10.2 Å². The Bertz CT molecular complexity index is 532. The van der Waals surface area contributed by atoms with Gasteiger partial charge in [0, 0.05) is 31.7 Å². The Labute approximate surface area is 151 Å². The third kappa shape index (κ3) is 5.42. The fraction of sp³-hybridized carbons (Fsp3) is 0.700. The Balaban J connectivity index is 1.52. The first-order valence-corrected chi connectivity index (χ1v) is 9.63. The Morgan fingerprint density at radius 3 is 2.76 bits per heavy atom. The van der Waals surface area contributed by atoms with E-state index < -0.39 is 0 Å². The highest BCUT2D eigenvalue weighted by atomic mass is 16.5. The number of nitrogens with zero attached hydrogens (tertiary/aromatic N) is 1. The zero-order valence-electron chi connectivity index (χ0n) is 15.6. The summed E-state index contributed by atoms with van der Waals surface area (Å²) < 4.78 is 17.5. The van der Waals surface area contributed by atoms with Crippen LogP contribution in [-0.4, -0.2) is 63.6 Å². The molecule has 0 bridgehead atoms. The maximum Gasteiger partial charge on any atom is 0.123 e. The quantitative estimate of drug-likeness (QED) is 0.780. The molecule has 140 valence electrons. The third-order valence-electron chi connectivity index (χ3n) is 5.02. The maximum atomic E-state index is 6.32. The number of benzene rings is 1. The summed E-state index contributed by atoms with van der Waals surface area (Å²) in [5, 5.41) is 3.23. The van der Waals surface area contributed by atoms with Crippen LogP contribution >= 0.6 is 0 Å². The number of morpholine rings is 1. The first-order valence-electron chi connectivity index (χ1n) is 9.63. The van der Waals surface area contributed by atoms with Crippen LogP contribution in [0, 0.1) is 0 Å². The van der Waals surface area contributed by atoms with Gasteiger partial charge < -0.3 is 19.5 Å². The number of hydrogen-bond donors (Lipinski definition) is 1. The van der Waals surface area contributed by atoms with Gasteiger partial charge in [-0.25, -0.2) is 0 Å². The summed E-state index contributed by atoms with van der Waals surface area (Å²) in [6, 6.07) is 6.55. The SMILES string of the molecule is CCOc1ccc(C[C@@H]2CC[C@H](CN3CCOCC3)O2)cc1CNC. The second-order valence-corrected chi connectivity index (χ2v) is 6.98. The third-order valence-corrected chi connectivity index (χ3v) is 5.02. The van der Waals surface area contributed by atoms with Gasteiger partial charge in [-0.05, 0) is 44.9 Å². The lowest BCUT2D eigenvalue weighted by molar-refractivity contribution is -0.0109. The molecule has 1 aromatic rings. The molecule has 0 amide bonds. The molecule has 0 spiro atoms. The molecule has 0 unspecified atom stereocenters. The summed E-state index contributed by atoms with van der Waals surface area (Å²) in [6.07, 6.45) is 4.03. The summed E-state index contributed by atoms with van der Waals surface area (Å²) in [6.45, 7) is 8.40. The zero-order valence-corrected chi connectivity index (χ0v) is 15.6. The van der Waals surface area contributed by atoms with E-state index in [-0.39, 0.29) is 0 Å². The Morgan fingerprint density at radius 1 is 1.20 bits per heavy atom. The van der Waals surface area contributed by atoms with Gasteiger partial charge in [-0.2, -0.15) is 0 Å². The molecule has 1 aromatic carbocycles. The van der Waals surface area contributed by atoms with Gasteiger partial charge in [0.1, 0.15) is 5.75 Å². The van der Waals surface area contributed by atoms with Crippen LogP contribution in [-0.2, 0) is 22.4 Å². The summed E-state index contributed by atoms with van der Waals surface area (Å²) in [4.78, 5) is 2.47. The molecule has 0 aromatic heterocycles. The molecule has 2 aliphatic rings. The van der Waals surface area contributed by atoms with Crippen LogP contribution in [0.5, 0.6) is 5.75 Å². The number of nitrogens with one attached hydrogen (secondary N) is 1. The van der Waals surface area contributed by atoms with Crippen molar-refractivity contribution in [2.75, 3.05) is 46.5 Å². The molecule has 2 atom stereocenters. The lowest BCUT2D eigenvalue weighted by Crippen LogP contribution is -2.41. The van der Waals surface area contributed by atoms with E-state index in [1.54, 1.807) is 0 Å². The van der Waals surface area contributed by atoms with E-state index in [1.807, 2.05) is 14.0 Å². The van der Waals surface area contributed by atoms with Gasteiger partial charge in [0.05, 0.1) is 32.0 Å². The molecule has 0 aliphatic carbocycles. The highest BCUT2D eigenvalue weighted by Crippen LogP contribution is 2.26. The van der Waals surface area contributed by atoms with E-state index in [1.165, 1.54) is 17.5 Å². The molecule has 25 heavy (non-hydrogen) atoms. The average Bonchev–Trinajstić information content (AvgIpc) is 3.05. The first-order chi connectivity index (χ1) is 12.3. The molecule has 0 saturated carbocycles. The topological polar surface area (TPSA) is 43.0 Å². The molecule has 2 aliphatic heterocycles. The molecule has 2 heterocycles. The average molecular weight is 348 g/mol. The Morgan fingerprint density at radius 2 is 2.00 bits per heavy atom. The maximum absolute atomic E-state index is 6.32. The summed E-state index contributed by atoms with van der Waals surface area (Å²) in [7, 11) is 1.97. The monoisotopic (exact) mass is 348 g/mol. The van der Waals surface area contributed by atoms with E-state index >= 15 is 0 Å². The van der Waals surface area contributed by atoms with Crippen molar-refractivity contribution < 1.29 is 14.2 Å². The largest absolute Gasteiger partial charge is 0.494 e. The van der Waals surface area contributed by atoms with Crippen molar-refractivity contribution in [1.29, 1.82) is 0 Å². The van der Waals surface area contributed by atoms with Gasteiger partial charge in [-0.3, -0.25) is 4.90 Å². The lowest BCUT2D eigenvalue weighted by Gasteiger charge is -2.28. The van der Waals surface area contributed by atoms with E-state index in [2.05, 4.69) is 28.4 Å². The van der Waals surface area contributed by atoms with Gasteiger partial charge >= 0.3 is 0 Å². The minimum absolute atomic E-state index is 0.339. The summed E-state index contributed by atoms with van der Waals surface area (Å²) in [5.74, 6) is 0.984. The smallest absolute Gasteiger partial charge is 0.123 e. The van der Waals surface area contributed by atoms with Crippen molar-refractivity contribution in [3.63, 3.8) is 0 Å². The van der Waals surface area contributed by atoms with Crippen LogP contribution in [0.15, 0.2) is 18.2 Å². The molecule has 1 N–H and O–H groups in total. The van der Waals surface area contributed by atoms with Crippen LogP contribution < -0.4 is 10.1 Å². The van der Waals surface area contributed by atoms with Crippen LogP contribution in [0.2, 0.25) is 0 Å². The molecule has 0 radical (unpaired) electrons. The van der Waals surface area contributed by atoms with Gasteiger partial charge in [0.15, 0.2) is 0 Å². The number of ether oxygens (including phenoxy) is 3. The van der Waals surface area contributed by atoms with Gasteiger partial charge in [-0.15, -0.1) is 0 Å². The molecule has 2 saturated heterocycles. The minimum Gasteiger partial charge on any atom is -0.494 e. The first kappa shape index (κ1) is 18.6. The van der Waals surface area contributed by atoms with E-state index in [4.69, 9.17) is 14.2 Å². The highest BCUT2D eigenvalue weighted by Gasteiger charge is 2.27. The normalized spacial score (nSPS) is 24.6. The second kappa shape index (κ2) is 9.53. The highest BCUT2D eigenvalue weighted by molar-refractivity contribution is 5.37. The van der Waals surface area contributed by atoms with Crippen LogP contribution in [0.1, 0.15) is 30.9 Å². The van der Waals surface area contributed by atoms with Gasteiger partial charge in [-0.1, -0.05) is 12.1 Å². The molecular formula is C20H32N2O3. The van der Waals surface area contributed by atoms with Crippen molar-refractivity contribution in [3.05, 3.63) is 29.3 Å². The van der Waals surface area contributed by atoms with Gasteiger partial charge in [0.25, 0.3) is 0 Å². The zero-order chi connectivity index (χ0) is 17.5. The van der Waals surface area contributed by atoms with Crippen molar-refractivity contribution in [2.45, 2.75) is 44.9 Å². The standard InChI is InChI=1S/C20H32N2O3/c1-3-24-20-7-4-16(12-17(20)14-21-2)13-18-5-6-19(25-18)15-22-8-10-23-11-9-22/h4,7,12,18-19,21H,3,5-6,8-11,13-15H2,1-2H3/t18-,19+/m0/s1. The van der Waals surface area contributed by atoms with Crippen LogP contribution in [0.25, 0.3) is 0 Å². The summed E-state index contributed by atoms with van der Waals surface area (Å²) in [5.41, 5.74) is 2.57. The predicted molar refractivity (Wildman–Crippen MR) is 99.2 cm³/mol. The van der Waals surface area contributed by atoms with Crippen molar-refractivity contribution in [2.24, 2.45) is 0 Å². The predicted octanol–water partition coefficient (Wildman–Crippen LogP) is 2.23. The fourth-order valence-corrected chi connectivity index (χ4v) is 3.78. The van der Waals surface area contributed by atoms with E-state index in [0.29, 0.717) is 18.8 Å². The van der Waals surface area contributed by atoms with E-state index in [9.17, 15) is 0 Å². The minimum atomic E-state index is 0.339. The number of rotatable bonds is 8. The molecule has 2 fully saturated rings. The molecule has 5 heteroatoms. The van der Waals surface area contributed by atoms with Crippen LogP contribution in [0.3, 0.4) is 0 Å². The molecule has 3 rings (SSSR count). The van der Waals surface area contributed by atoms with Crippen molar-refractivity contribution in [3.8, 4) is 5.75 Å². The van der Waals surface area contributed by atoms with Crippen molar-refractivity contribution >= 4 is 0 Å². The fourth-order valence-electron chi connectivity index (χ4n) is 3.78. The molecular weight excluding hydrogens is 316 g/mol. The number of hydrogen-bond acceptors (Lipinski definition) is 5. The molecule has 5 nitrogen and oxygen atoms in total. The second-order valence-electron chi connectivity index (χ2n) is 6.98.